The van der Waals surface area contributed by atoms with Gasteiger partial charge in [0.2, 0.25) is 0 Å². The summed E-state index contributed by atoms with van der Waals surface area (Å²) in [6.07, 6.45) is 5.23. The lowest BCUT2D eigenvalue weighted by Crippen LogP contribution is -2.40. The summed E-state index contributed by atoms with van der Waals surface area (Å²) in [4.78, 5) is 4.25. The Kier molecular flexibility index (Phi) is 10.1. The molecular formula is C12H25N3O. The third kappa shape index (κ3) is 6.58. The first kappa shape index (κ1) is 15.1. The quantitative estimate of drug-likeness (QED) is 0.575. The first-order chi connectivity index (χ1) is 7.86. The average Bonchev–Trinajstić information content (AvgIpc) is 2.38. The summed E-state index contributed by atoms with van der Waals surface area (Å²) < 4.78 is 5.27. The van der Waals surface area contributed by atoms with Gasteiger partial charge in [0.15, 0.2) is 0 Å². The van der Waals surface area contributed by atoms with Crippen LogP contribution in [0, 0.1) is 5.41 Å². The number of morpholine rings is 1. The van der Waals surface area contributed by atoms with Crippen LogP contribution < -0.4 is 0 Å². The molecular weight excluding hydrogens is 202 g/mol. The van der Waals surface area contributed by atoms with Gasteiger partial charge in [-0.05, 0) is 6.92 Å². The summed E-state index contributed by atoms with van der Waals surface area (Å²) in [5.41, 5.74) is 0. The highest BCUT2D eigenvalue weighted by atomic mass is 16.5. The van der Waals surface area contributed by atoms with E-state index in [9.17, 15) is 0 Å². The molecule has 16 heavy (non-hydrogen) atoms. The molecule has 1 rings (SSSR count). The van der Waals surface area contributed by atoms with Crippen molar-refractivity contribution in [1.82, 2.24) is 9.80 Å². The molecule has 0 aliphatic carbocycles. The standard InChI is InChI=1S/C10H19N3O.C2H6/c1-2-3-13(10-11)5-4-12-6-8-14-9-7-12;1-2/h2-3,10-11H,4-9H2,1H3;1-2H3/b3-2+,11-10?;. The maximum atomic E-state index is 7.19. The van der Waals surface area contributed by atoms with Crippen molar-refractivity contribution in [1.29, 1.82) is 5.41 Å². The molecule has 0 aromatic heterocycles. The molecule has 1 saturated heterocycles. The molecule has 1 fully saturated rings. The Hall–Kier alpha value is -0.870. The number of hydrogen-bond donors (Lipinski definition) is 1. The first-order valence-corrected chi connectivity index (χ1v) is 6.06. The van der Waals surface area contributed by atoms with E-state index in [1.807, 2.05) is 37.9 Å². The average molecular weight is 227 g/mol. The van der Waals surface area contributed by atoms with E-state index in [4.69, 9.17) is 10.1 Å². The van der Waals surface area contributed by atoms with Crippen LogP contribution in [0.15, 0.2) is 12.3 Å². The normalized spacial score (nSPS) is 16.7. The van der Waals surface area contributed by atoms with Gasteiger partial charge in [-0.1, -0.05) is 19.9 Å². The van der Waals surface area contributed by atoms with Crippen LogP contribution in [0.4, 0.5) is 0 Å². The number of hydrogen-bond acceptors (Lipinski definition) is 3. The first-order valence-electron chi connectivity index (χ1n) is 6.06. The second-order valence-corrected chi connectivity index (χ2v) is 3.30. The van der Waals surface area contributed by atoms with Gasteiger partial charge in [0, 0.05) is 32.4 Å². The van der Waals surface area contributed by atoms with Gasteiger partial charge in [-0.2, -0.15) is 0 Å². The van der Waals surface area contributed by atoms with Crippen LogP contribution in [-0.4, -0.2) is 55.5 Å². The third-order valence-electron chi connectivity index (χ3n) is 2.28. The van der Waals surface area contributed by atoms with Crippen molar-refractivity contribution < 1.29 is 4.74 Å². The van der Waals surface area contributed by atoms with Crippen molar-refractivity contribution in [3.05, 3.63) is 12.3 Å². The van der Waals surface area contributed by atoms with E-state index in [2.05, 4.69) is 4.90 Å². The van der Waals surface area contributed by atoms with Crippen LogP contribution in [0.2, 0.25) is 0 Å². The van der Waals surface area contributed by atoms with E-state index in [1.165, 1.54) is 6.34 Å². The van der Waals surface area contributed by atoms with Gasteiger partial charge in [-0.25, -0.2) is 0 Å². The molecule has 0 radical (unpaired) electrons. The summed E-state index contributed by atoms with van der Waals surface area (Å²) >= 11 is 0. The lowest BCUT2D eigenvalue weighted by Gasteiger charge is -2.28. The molecule has 0 unspecified atom stereocenters. The van der Waals surface area contributed by atoms with Crippen LogP contribution in [-0.2, 0) is 4.74 Å². The molecule has 1 aliphatic heterocycles. The number of rotatable bonds is 5. The maximum absolute atomic E-state index is 7.19. The fourth-order valence-electron chi connectivity index (χ4n) is 1.46. The predicted molar refractivity (Wildman–Crippen MR) is 68.9 cm³/mol. The van der Waals surface area contributed by atoms with Crippen LogP contribution >= 0.6 is 0 Å². The molecule has 0 amide bonds. The van der Waals surface area contributed by atoms with E-state index in [0.29, 0.717) is 0 Å². The molecule has 94 valence electrons. The molecule has 1 heterocycles. The highest BCUT2D eigenvalue weighted by molar-refractivity contribution is 5.52. The molecule has 0 saturated carbocycles. The lowest BCUT2D eigenvalue weighted by molar-refractivity contribution is 0.0370. The maximum Gasteiger partial charge on any atom is 0.0857 e. The summed E-state index contributed by atoms with van der Waals surface area (Å²) in [5.74, 6) is 0. The number of nitrogens with one attached hydrogen (secondary N) is 1. The fourth-order valence-corrected chi connectivity index (χ4v) is 1.46. The molecule has 4 heteroatoms. The number of ether oxygens (including phenoxy) is 1. The number of nitrogens with zero attached hydrogens (tertiary/aromatic N) is 2. The van der Waals surface area contributed by atoms with Crippen molar-refractivity contribution in [3.8, 4) is 0 Å². The van der Waals surface area contributed by atoms with Crippen LogP contribution in [0.5, 0.6) is 0 Å². The molecule has 0 aromatic rings. The number of allylic oxidation sites excluding steroid dienone is 1. The lowest BCUT2D eigenvalue weighted by atomic mass is 10.4. The zero-order valence-corrected chi connectivity index (χ0v) is 10.8. The topological polar surface area (TPSA) is 39.6 Å². The molecule has 0 spiro atoms. The smallest absolute Gasteiger partial charge is 0.0857 e. The minimum absolute atomic E-state index is 0.841. The SMILES string of the molecule is C/C=C/N(C=N)CCN1CCOCC1.CC. The van der Waals surface area contributed by atoms with Crippen molar-refractivity contribution in [2.45, 2.75) is 20.8 Å². The van der Waals surface area contributed by atoms with Crippen LogP contribution in [0.1, 0.15) is 20.8 Å². The van der Waals surface area contributed by atoms with Crippen molar-refractivity contribution in [3.63, 3.8) is 0 Å². The highest BCUT2D eigenvalue weighted by Crippen LogP contribution is 1.97. The Morgan fingerprint density at radius 2 is 1.94 bits per heavy atom. The Balaban J connectivity index is 0.00000106. The van der Waals surface area contributed by atoms with Gasteiger partial charge in [-0.3, -0.25) is 10.3 Å². The summed E-state index contributed by atoms with van der Waals surface area (Å²) in [5, 5.41) is 7.19. The Morgan fingerprint density at radius 3 is 2.44 bits per heavy atom. The zero-order chi connectivity index (χ0) is 12.2. The molecule has 0 aromatic carbocycles. The summed E-state index contributed by atoms with van der Waals surface area (Å²) in [6.45, 7) is 11.6. The molecule has 4 nitrogen and oxygen atoms in total. The fraction of sp³-hybridized carbons (Fsp3) is 0.750. The molecule has 0 atom stereocenters. The monoisotopic (exact) mass is 227 g/mol. The van der Waals surface area contributed by atoms with Crippen molar-refractivity contribution in [2.75, 3.05) is 39.4 Å². The second-order valence-electron chi connectivity index (χ2n) is 3.30. The third-order valence-corrected chi connectivity index (χ3v) is 2.28. The van der Waals surface area contributed by atoms with E-state index in [0.717, 1.165) is 39.4 Å². The van der Waals surface area contributed by atoms with Gasteiger partial charge in [0.05, 0.1) is 19.6 Å². The van der Waals surface area contributed by atoms with Gasteiger partial charge in [0.1, 0.15) is 0 Å². The van der Waals surface area contributed by atoms with E-state index in [-0.39, 0.29) is 0 Å². The van der Waals surface area contributed by atoms with Gasteiger partial charge >= 0.3 is 0 Å². The van der Waals surface area contributed by atoms with Gasteiger partial charge in [-0.15, -0.1) is 0 Å². The summed E-state index contributed by atoms with van der Waals surface area (Å²) in [6, 6.07) is 0. The second kappa shape index (κ2) is 10.6. The minimum atomic E-state index is 0.841. The Morgan fingerprint density at radius 1 is 1.31 bits per heavy atom. The molecule has 0 bridgehead atoms. The zero-order valence-electron chi connectivity index (χ0n) is 10.8. The Bertz CT molecular complexity index is 189. The predicted octanol–water partition coefficient (Wildman–Crippen LogP) is 1.79. The largest absolute Gasteiger partial charge is 0.379 e. The van der Waals surface area contributed by atoms with Crippen LogP contribution in [0.25, 0.3) is 0 Å². The van der Waals surface area contributed by atoms with E-state index < -0.39 is 0 Å². The van der Waals surface area contributed by atoms with Crippen LogP contribution in [0.3, 0.4) is 0 Å². The minimum Gasteiger partial charge on any atom is -0.379 e. The summed E-state index contributed by atoms with van der Waals surface area (Å²) in [7, 11) is 0. The molecule has 1 N–H and O–H groups in total. The highest BCUT2D eigenvalue weighted by Gasteiger charge is 2.09. The van der Waals surface area contributed by atoms with E-state index >= 15 is 0 Å². The van der Waals surface area contributed by atoms with E-state index in [1.54, 1.807) is 0 Å². The van der Waals surface area contributed by atoms with Crippen molar-refractivity contribution >= 4 is 6.34 Å². The van der Waals surface area contributed by atoms with Gasteiger partial charge in [0.25, 0.3) is 0 Å². The Labute approximate surface area is 99.4 Å². The van der Waals surface area contributed by atoms with Crippen molar-refractivity contribution in [2.24, 2.45) is 0 Å². The molecule has 1 aliphatic rings. The van der Waals surface area contributed by atoms with Gasteiger partial charge < -0.3 is 9.64 Å².